The van der Waals surface area contributed by atoms with E-state index in [1.165, 1.54) is 5.56 Å². The van der Waals surface area contributed by atoms with E-state index in [0.29, 0.717) is 31.4 Å². The molecule has 26 heavy (non-hydrogen) atoms. The van der Waals surface area contributed by atoms with Crippen molar-refractivity contribution in [1.82, 2.24) is 20.4 Å². The Hall–Kier alpha value is -2.41. The third-order valence-electron chi connectivity index (χ3n) is 4.47. The molecule has 0 saturated carbocycles. The van der Waals surface area contributed by atoms with Gasteiger partial charge in [0.1, 0.15) is 6.61 Å². The van der Waals surface area contributed by atoms with Gasteiger partial charge in [-0.3, -0.25) is 0 Å². The summed E-state index contributed by atoms with van der Waals surface area (Å²) in [7, 11) is 0. The molecule has 140 valence electrons. The van der Waals surface area contributed by atoms with Gasteiger partial charge in [0.15, 0.2) is 5.82 Å². The molecule has 1 aromatic carbocycles. The van der Waals surface area contributed by atoms with Crippen molar-refractivity contribution in [2.24, 2.45) is 0 Å². The van der Waals surface area contributed by atoms with Crippen LogP contribution in [0.4, 0.5) is 4.79 Å². The summed E-state index contributed by atoms with van der Waals surface area (Å²) in [6.07, 6.45) is 3.44. The van der Waals surface area contributed by atoms with Crippen LogP contribution in [0.3, 0.4) is 0 Å². The van der Waals surface area contributed by atoms with Crippen LogP contribution in [-0.4, -0.2) is 46.8 Å². The smallest absolute Gasteiger partial charge is 0.317 e. The zero-order valence-corrected chi connectivity index (χ0v) is 15.2. The van der Waals surface area contributed by atoms with E-state index >= 15 is 0 Å². The number of benzene rings is 1. The number of urea groups is 1. The molecule has 0 unspecified atom stereocenters. The van der Waals surface area contributed by atoms with Gasteiger partial charge in [-0.25, -0.2) is 4.79 Å². The van der Waals surface area contributed by atoms with E-state index in [-0.39, 0.29) is 12.1 Å². The van der Waals surface area contributed by atoms with Crippen molar-refractivity contribution in [2.75, 3.05) is 19.6 Å². The summed E-state index contributed by atoms with van der Waals surface area (Å²) in [5.74, 6) is 1.18. The Bertz CT molecular complexity index is 689. The van der Waals surface area contributed by atoms with E-state index in [2.05, 4.69) is 27.6 Å². The summed E-state index contributed by atoms with van der Waals surface area (Å²) in [6, 6.07) is 10.1. The van der Waals surface area contributed by atoms with Crippen LogP contribution in [0, 0.1) is 0 Å². The molecular formula is C19H26N4O3. The Balaban J connectivity index is 1.40. The lowest BCUT2D eigenvalue weighted by molar-refractivity contribution is -0.0103. The van der Waals surface area contributed by atoms with Gasteiger partial charge in [-0.05, 0) is 24.8 Å². The van der Waals surface area contributed by atoms with Crippen molar-refractivity contribution in [3.05, 3.63) is 47.6 Å². The maximum Gasteiger partial charge on any atom is 0.317 e. The predicted molar refractivity (Wildman–Crippen MR) is 96.6 cm³/mol. The number of likely N-dealkylation sites (tertiary alicyclic amines) is 1. The third-order valence-corrected chi connectivity index (χ3v) is 4.47. The summed E-state index contributed by atoms with van der Waals surface area (Å²) < 4.78 is 11.0. The number of aryl methyl sites for hydroxylation is 1. The average Bonchev–Trinajstić information content (AvgIpc) is 3.15. The van der Waals surface area contributed by atoms with E-state index in [0.717, 1.165) is 32.2 Å². The topological polar surface area (TPSA) is 80.5 Å². The molecule has 7 heteroatoms. The molecule has 0 spiro atoms. The number of carbonyl (C=O) groups excluding carboxylic acids is 1. The number of hydrogen-bond acceptors (Lipinski definition) is 5. The number of carbonyl (C=O) groups is 1. The van der Waals surface area contributed by atoms with E-state index in [4.69, 9.17) is 9.26 Å². The molecular weight excluding hydrogens is 332 g/mol. The van der Waals surface area contributed by atoms with Crippen molar-refractivity contribution in [3.8, 4) is 0 Å². The standard InChI is InChI=1S/C19H26N4O3/c1-2-17-21-18(26-22-17)14-25-16-9-6-12-23(13-16)19(24)20-11-10-15-7-4-3-5-8-15/h3-5,7-8,16H,2,6,9-14H2,1H3,(H,20,24)/t16-/m1/s1. The molecule has 2 heterocycles. The quantitative estimate of drug-likeness (QED) is 0.823. The number of nitrogens with zero attached hydrogens (tertiary/aromatic N) is 3. The Labute approximate surface area is 153 Å². The number of ether oxygens (including phenoxy) is 1. The molecule has 2 amide bonds. The van der Waals surface area contributed by atoms with Crippen molar-refractivity contribution >= 4 is 6.03 Å². The van der Waals surface area contributed by atoms with E-state index in [1.54, 1.807) is 0 Å². The minimum Gasteiger partial charge on any atom is -0.367 e. The van der Waals surface area contributed by atoms with Crippen LogP contribution in [0.2, 0.25) is 0 Å². The van der Waals surface area contributed by atoms with Crippen molar-refractivity contribution in [1.29, 1.82) is 0 Å². The fourth-order valence-electron chi connectivity index (χ4n) is 3.01. The Morgan fingerprint density at radius 1 is 1.38 bits per heavy atom. The molecule has 1 aliphatic rings. The molecule has 1 fully saturated rings. The number of piperidine rings is 1. The zero-order chi connectivity index (χ0) is 18.2. The van der Waals surface area contributed by atoms with Gasteiger partial charge >= 0.3 is 6.03 Å². The first kappa shape index (κ1) is 18.4. The van der Waals surface area contributed by atoms with Crippen LogP contribution in [0.25, 0.3) is 0 Å². The van der Waals surface area contributed by atoms with Gasteiger partial charge in [0.05, 0.1) is 6.10 Å². The highest BCUT2D eigenvalue weighted by Crippen LogP contribution is 2.15. The highest BCUT2D eigenvalue weighted by Gasteiger charge is 2.24. The van der Waals surface area contributed by atoms with Crippen LogP contribution in [-0.2, 0) is 24.2 Å². The van der Waals surface area contributed by atoms with Crippen molar-refractivity contribution in [3.63, 3.8) is 0 Å². The Morgan fingerprint density at radius 3 is 3.00 bits per heavy atom. The minimum atomic E-state index is -0.0275. The van der Waals surface area contributed by atoms with Crippen molar-refractivity contribution in [2.45, 2.75) is 45.3 Å². The average molecular weight is 358 g/mol. The molecule has 0 aliphatic carbocycles. The normalized spacial score (nSPS) is 17.3. The molecule has 1 aliphatic heterocycles. The first-order chi connectivity index (χ1) is 12.7. The van der Waals surface area contributed by atoms with Gasteiger partial charge in [-0.15, -0.1) is 0 Å². The van der Waals surface area contributed by atoms with Crippen LogP contribution >= 0.6 is 0 Å². The largest absolute Gasteiger partial charge is 0.367 e. The summed E-state index contributed by atoms with van der Waals surface area (Å²) >= 11 is 0. The highest BCUT2D eigenvalue weighted by atomic mass is 16.5. The Kier molecular flexibility index (Phi) is 6.60. The molecule has 3 rings (SSSR count). The lowest BCUT2D eigenvalue weighted by Crippen LogP contribution is -2.48. The van der Waals surface area contributed by atoms with Gasteiger partial charge in [-0.1, -0.05) is 42.4 Å². The first-order valence-electron chi connectivity index (χ1n) is 9.24. The summed E-state index contributed by atoms with van der Waals surface area (Å²) in [5, 5.41) is 6.86. The van der Waals surface area contributed by atoms with Gasteiger partial charge in [0.25, 0.3) is 5.89 Å². The SMILES string of the molecule is CCc1noc(CO[C@@H]2CCCN(C(=O)NCCc3ccccc3)C2)n1. The van der Waals surface area contributed by atoms with Gasteiger partial charge in [0.2, 0.25) is 0 Å². The summed E-state index contributed by atoms with van der Waals surface area (Å²) in [6.45, 7) is 4.25. The fraction of sp³-hybridized carbons (Fsp3) is 0.526. The number of amides is 2. The van der Waals surface area contributed by atoms with Crippen LogP contribution in [0.5, 0.6) is 0 Å². The molecule has 1 aromatic heterocycles. The fourth-order valence-corrected chi connectivity index (χ4v) is 3.01. The second-order valence-electron chi connectivity index (χ2n) is 6.45. The van der Waals surface area contributed by atoms with Crippen LogP contribution < -0.4 is 5.32 Å². The maximum atomic E-state index is 12.4. The molecule has 1 atom stereocenters. The Morgan fingerprint density at radius 2 is 2.23 bits per heavy atom. The van der Waals surface area contributed by atoms with E-state index in [1.807, 2.05) is 30.0 Å². The monoisotopic (exact) mass is 358 g/mol. The zero-order valence-electron chi connectivity index (χ0n) is 15.2. The van der Waals surface area contributed by atoms with Crippen LogP contribution in [0.15, 0.2) is 34.9 Å². The molecule has 1 saturated heterocycles. The highest BCUT2D eigenvalue weighted by molar-refractivity contribution is 5.74. The maximum absolute atomic E-state index is 12.4. The van der Waals surface area contributed by atoms with Crippen LogP contribution in [0.1, 0.15) is 37.0 Å². The number of rotatable bonds is 7. The van der Waals surface area contributed by atoms with Gasteiger partial charge in [-0.2, -0.15) is 4.98 Å². The lowest BCUT2D eigenvalue weighted by atomic mass is 10.1. The van der Waals surface area contributed by atoms with Gasteiger partial charge < -0.3 is 19.5 Å². The number of nitrogens with one attached hydrogen (secondary N) is 1. The number of hydrogen-bond donors (Lipinski definition) is 1. The molecule has 0 radical (unpaired) electrons. The van der Waals surface area contributed by atoms with Crippen molar-refractivity contribution < 1.29 is 14.1 Å². The second kappa shape index (κ2) is 9.33. The summed E-state index contributed by atoms with van der Waals surface area (Å²) in [5.41, 5.74) is 1.22. The molecule has 2 aromatic rings. The minimum absolute atomic E-state index is 0.000555. The number of aromatic nitrogens is 2. The first-order valence-corrected chi connectivity index (χ1v) is 9.24. The lowest BCUT2D eigenvalue weighted by Gasteiger charge is -2.32. The predicted octanol–water partition coefficient (Wildman–Crippen LogP) is 2.57. The molecule has 0 bridgehead atoms. The second-order valence-corrected chi connectivity index (χ2v) is 6.45. The molecule has 7 nitrogen and oxygen atoms in total. The third kappa shape index (κ3) is 5.29. The van der Waals surface area contributed by atoms with E-state index in [9.17, 15) is 4.79 Å². The van der Waals surface area contributed by atoms with E-state index < -0.39 is 0 Å². The molecule has 1 N–H and O–H groups in total. The summed E-state index contributed by atoms with van der Waals surface area (Å²) in [4.78, 5) is 18.4. The van der Waals surface area contributed by atoms with Gasteiger partial charge in [0, 0.05) is 26.1 Å².